The van der Waals surface area contributed by atoms with E-state index >= 15 is 0 Å². The minimum absolute atomic E-state index is 0.117. The molecule has 4 unspecified atom stereocenters. The van der Waals surface area contributed by atoms with Crippen LogP contribution in [0.2, 0.25) is 0 Å². The quantitative estimate of drug-likeness (QED) is 0.491. The average Bonchev–Trinajstić information content (AvgIpc) is 2.76. The van der Waals surface area contributed by atoms with Crippen molar-refractivity contribution in [1.82, 2.24) is 4.90 Å². The van der Waals surface area contributed by atoms with Crippen molar-refractivity contribution in [3.63, 3.8) is 0 Å². The first-order chi connectivity index (χ1) is 16.4. The summed E-state index contributed by atoms with van der Waals surface area (Å²) in [4.78, 5) is 15.8. The predicted molar refractivity (Wildman–Crippen MR) is 133 cm³/mol. The van der Waals surface area contributed by atoms with Crippen LogP contribution in [0.3, 0.4) is 0 Å². The number of nitrogens with zero attached hydrogens (tertiary/aromatic N) is 1. The molecule has 2 aromatic carbocycles. The highest BCUT2D eigenvalue weighted by atomic mass is 32.2. The fraction of sp³-hybridized carbons (Fsp3) is 0.500. The van der Waals surface area contributed by atoms with Crippen LogP contribution in [0.15, 0.2) is 42.5 Å². The van der Waals surface area contributed by atoms with E-state index in [0.717, 1.165) is 29.5 Å². The zero-order valence-electron chi connectivity index (χ0n) is 20.9. The maximum absolute atomic E-state index is 13.5. The third kappa shape index (κ3) is 5.47. The highest BCUT2D eigenvalue weighted by Gasteiger charge is 2.49. The minimum atomic E-state index is -3.72. The number of carbonyl (C=O) groups is 1. The van der Waals surface area contributed by atoms with E-state index in [1.807, 2.05) is 51.1 Å². The minimum Gasteiger partial charge on any atom is -0.493 e. The smallest absolute Gasteiger partial charge is 0.311 e. The van der Waals surface area contributed by atoms with Crippen LogP contribution in [0, 0.1) is 5.92 Å². The largest absolute Gasteiger partial charge is 0.493 e. The molecule has 190 valence electrons. The first-order valence-electron chi connectivity index (χ1n) is 11.8. The van der Waals surface area contributed by atoms with Crippen LogP contribution in [0.4, 0.5) is 0 Å². The molecule has 2 heterocycles. The number of ether oxygens (including phenoxy) is 2. The molecule has 0 saturated carbocycles. The van der Waals surface area contributed by atoms with Gasteiger partial charge in [0.2, 0.25) is 0 Å². The molecule has 4 atom stereocenters. The molecule has 8 nitrogen and oxygen atoms in total. The zero-order valence-corrected chi connectivity index (χ0v) is 21.7. The summed E-state index contributed by atoms with van der Waals surface area (Å²) in [6.07, 6.45) is 1.70. The lowest BCUT2D eigenvalue weighted by molar-refractivity contribution is -0.164. The molecule has 35 heavy (non-hydrogen) atoms. The summed E-state index contributed by atoms with van der Waals surface area (Å²) in [6.45, 7) is 6.93. The number of methoxy groups -OCH3 is 1. The molecule has 0 aliphatic carbocycles. The molecule has 1 saturated heterocycles. The molecule has 2 aliphatic rings. The Labute approximate surface area is 207 Å². The van der Waals surface area contributed by atoms with Crippen LogP contribution >= 0.6 is 0 Å². The maximum atomic E-state index is 13.5. The number of hydrogen-bond acceptors (Lipinski definition) is 8. The van der Waals surface area contributed by atoms with Gasteiger partial charge in [-0.2, -0.15) is 8.42 Å². The summed E-state index contributed by atoms with van der Waals surface area (Å²) < 4.78 is 40.0. The first kappa shape index (κ1) is 25.5. The molecule has 1 fully saturated rings. The number of fused-ring (bicyclic) bond motifs is 3. The van der Waals surface area contributed by atoms with Crippen LogP contribution < -0.4 is 14.7 Å². The molecule has 0 spiro atoms. The Kier molecular flexibility index (Phi) is 6.87. The summed E-state index contributed by atoms with van der Waals surface area (Å²) in [5.74, 6) is -0.523. The van der Waals surface area contributed by atoms with Crippen LogP contribution in [0.5, 0.6) is 11.5 Å². The van der Waals surface area contributed by atoms with E-state index in [4.69, 9.17) is 19.4 Å². The zero-order chi connectivity index (χ0) is 25.5. The molecule has 2 aromatic rings. The second kappa shape index (κ2) is 9.44. The van der Waals surface area contributed by atoms with Gasteiger partial charge in [-0.05, 0) is 56.0 Å². The average molecular weight is 503 g/mol. The van der Waals surface area contributed by atoms with Crippen molar-refractivity contribution in [3.8, 4) is 11.5 Å². The van der Waals surface area contributed by atoms with Crippen LogP contribution in [0.25, 0.3) is 0 Å². The second-order valence-corrected chi connectivity index (χ2v) is 11.9. The first-order valence-corrected chi connectivity index (χ1v) is 13.6. The van der Waals surface area contributed by atoms with Crippen LogP contribution in [-0.2, 0) is 26.1 Å². The number of hydrogen-bond donors (Lipinski definition) is 1. The van der Waals surface area contributed by atoms with Gasteiger partial charge in [-0.1, -0.05) is 30.3 Å². The molecule has 9 heteroatoms. The standard InChI is InChI=1S/C26H34N2O6S/c1-26(2,3)33-25(29)22-19(16-9-7-6-8-10-16)15-28-12-11-17-13-21(34-35(5,30)31)20(32-4)14-18(17)24(28)23(22)27/h6-10,13-14,19,22-24H,11-12,15,27H2,1-5H3. The van der Waals surface area contributed by atoms with Crippen LogP contribution in [0.1, 0.15) is 49.4 Å². The van der Waals surface area contributed by atoms with Crippen molar-refractivity contribution in [2.24, 2.45) is 11.7 Å². The third-order valence-corrected chi connectivity index (χ3v) is 7.08. The van der Waals surface area contributed by atoms with Crippen molar-refractivity contribution in [3.05, 3.63) is 59.2 Å². The molecule has 0 radical (unpaired) electrons. The lowest BCUT2D eigenvalue weighted by atomic mass is 9.71. The SMILES string of the molecule is COc1cc2c(cc1OS(C)(=O)=O)CCN1CC(c3ccccc3)C(C(=O)OC(C)(C)C)C(N)C21. The van der Waals surface area contributed by atoms with Crippen molar-refractivity contribution in [2.75, 3.05) is 26.5 Å². The van der Waals surface area contributed by atoms with Gasteiger partial charge in [-0.3, -0.25) is 9.69 Å². The fourth-order valence-electron chi connectivity index (χ4n) is 5.29. The number of carbonyl (C=O) groups excluding carboxylic acids is 1. The lowest BCUT2D eigenvalue weighted by Crippen LogP contribution is -2.58. The Hall–Kier alpha value is -2.62. The third-order valence-electron chi connectivity index (χ3n) is 6.60. The Morgan fingerprint density at radius 2 is 1.80 bits per heavy atom. The monoisotopic (exact) mass is 502 g/mol. The molecule has 0 bridgehead atoms. The number of nitrogens with two attached hydrogens (primary N) is 1. The van der Waals surface area contributed by atoms with E-state index in [2.05, 4.69) is 4.90 Å². The predicted octanol–water partition coefficient (Wildman–Crippen LogP) is 3.02. The van der Waals surface area contributed by atoms with Crippen LogP contribution in [-0.4, -0.2) is 57.4 Å². The summed E-state index contributed by atoms with van der Waals surface area (Å²) in [5, 5.41) is 0. The number of piperidine rings is 1. The lowest BCUT2D eigenvalue weighted by Gasteiger charge is -2.50. The topological polar surface area (TPSA) is 108 Å². The Morgan fingerprint density at radius 3 is 2.40 bits per heavy atom. The summed E-state index contributed by atoms with van der Waals surface area (Å²) in [7, 11) is -2.26. The molecular weight excluding hydrogens is 468 g/mol. The van der Waals surface area contributed by atoms with Crippen molar-refractivity contribution in [1.29, 1.82) is 0 Å². The molecule has 0 aromatic heterocycles. The number of rotatable bonds is 5. The van der Waals surface area contributed by atoms with Gasteiger partial charge >= 0.3 is 16.1 Å². The van der Waals surface area contributed by atoms with E-state index in [1.54, 1.807) is 12.1 Å². The molecular formula is C26H34N2O6S. The Morgan fingerprint density at radius 1 is 1.11 bits per heavy atom. The van der Waals surface area contributed by atoms with E-state index in [0.29, 0.717) is 18.7 Å². The molecule has 0 amide bonds. The van der Waals surface area contributed by atoms with E-state index in [9.17, 15) is 13.2 Å². The van der Waals surface area contributed by atoms with Crippen molar-refractivity contribution >= 4 is 16.1 Å². The van der Waals surface area contributed by atoms with Gasteiger partial charge in [-0.25, -0.2) is 0 Å². The second-order valence-electron chi connectivity index (χ2n) is 10.3. The van der Waals surface area contributed by atoms with Crippen molar-refractivity contribution in [2.45, 2.75) is 50.8 Å². The van der Waals surface area contributed by atoms with Gasteiger partial charge in [0.15, 0.2) is 11.5 Å². The fourth-order valence-corrected chi connectivity index (χ4v) is 5.74. The normalized spacial score (nSPS) is 24.7. The Balaban J connectivity index is 1.77. The molecule has 2 N–H and O–H groups in total. The summed E-state index contributed by atoms with van der Waals surface area (Å²) in [6, 6.07) is 12.7. The van der Waals surface area contributed by atoms with Gasteiger partial charge in [0.25, 0.3) is 0 Å². The maximum Gasteiger partial charge on any atom is 0.311 e. The van der Waals surface area contributed by atoms with Gasteiger partial charge < -0.3 is 19.4 Å². The Bertz CT molecular complexity index is 1190. The number of esters is 1. The van der Waals surface area contributed by atoms with Gasteiger partial charge in [0, 0.05) is 25.0 Å². The molecule has 4 rings (SSSR count). The van der Waals surface area contributed by atoms with E-state index in [1.165, 1.54) is 7.11 Å². The van der Waals surface area contributed by atoms with Crippen molar-refractivity contribution < 1.29 is 26.9 Å². The molecule has 2 aliphatic heterocycles. The van der Waals surface area contributed by atoms with E-state index in [-0.39, 0.29) is 23.7 Å². The highest BCUT2D eigenvalue weighted by Crippen LogP contribution is 2.47. The summed E-state index contributed by atoms with van der Waals surface area (Å²) >= 11 is 0. The summed E-state index contributed by atoms with van der Waals surface area (Å²) in [5.41, 5.74) is 9.18. The number of benzene rings is 2. The van der Waals surface area contributed by atoms with Gasteiger partial charge in [-0.15, -0.1) is 0 Å². The van der Waals surface area contributed by atoms with E-state index < -0.39 is 27.7 Å². The van der Waals surface area contributed by atoms with Gasteiger partial charge in [0.05, 0.1) is 25.3 Å². The van der Waals surface area contributed by atoms with Gasteiger partial charge in [0.1, 0.15) is 5.60 Å². The highest BCUT2D eigenvalue weighted by molar-refractivity contribution is 7.86.